The van der Waals surface area contributed by atoms with E-state index in [1.807, 2.05) is 12.3 Å². The summed E-state index contributed by atoms with van der Waals surface area (Å²) in [7, 11) is 0. The molecular formula is C26H30N4S. The molecule has 2 aromatic heterocycles. The van der Waals surface area contributed by atoms with Crippen molar-refractivity contribution in [3.63, 3.8) is 0 Å². The Morgan fingerprint density at radius 3 is 2.52 bits per heavy atom. The smallest absolute Gasteiger partial charge is 0.174 e. The summed E-state index contributed by atoms with van der Waals surface area (Å²) in [5.41, 5.74) is 7.44. The molecule has 1 N–H and O–H groups in total. The lowest BCUT2D eigenvalue weighted by atomic mass is 9.96. The second-order valence-electron chi connectivity index (χ2n) is 8.97. The Bertz CT molecular complexity index is 1100. The molecule has 0 spiro atoms. The minimum atomic E-state index is 0.00624. The van der Waals surface area contributed by atoms with Crippen molar-refractivity contribution in [1.82, 2.24) is 14.9 Å². The number of rotatable bonds is 4. The van der Waals surface area contributed by atoms with Crippen molar-refractivity contribution < 1.29 is 0 Å². The van der Waals surface area contributed by atoms with Crippen LogP contribution in [0, 0.1) is 20.8 Å². The number of hydrogen-bond donors (Lipinski definition) is 1. The molecule has 5 rings (SSSR count). The highest BCUT2D eigenvalue weighted by Crippen LogP contribution is 2.44. The summed E-state index contributed by atoms with van der Waals surface area (Å²) in [6.07, 6.45) is 7.09. The SMILES string of the molecule is Cc1cccc(N2C(=S)N[C@H](c3ccccn3)[C@@H]2c2cc(C)n(C3CCCC3)c2C)c1. The molecule has 0 bridgehead atoms. The van der Waals surface area contributed by atoms with Gasteiger partial charge in [-0.25, -0.2) is 0 Å². The first-order valence-electron chi connectivity index (χ1n) is 11.3. The van der Waals surface area contributed by atoms with Crippen LogP contribution in [0.2, 0.25) is 0 Å². The first-order chi connectivity index (χ1) is 15.0. The van der Waals surface area contributed by atoms with Crippen molar-refractivity contribution in [2.75, 3.05) is 4.90 Å². The molecule has 2 aliphatic rings. The van der Waals surface area contributed by atoms with Crippen LogP contribution < -0.4 is 10.2 Å². The maximum Gasteiger partial charge on any atom is 0.174 e. The standard InChI is InChI=1S/C26H30N4S/c1-17-9-8-12-21(15-17)30-25(24(28-26(30)31)23-13-6-7-14-27-23)22-16-18(2)29(19(22)3)20-10-4-5-11-20/h6-9,12-16,20,24-25H,4-5,10-11H2,1-3H3,(H,28,31)/t24-,25+/m1/s1. The van der Waals surface area contributed by atoms with Crippen LogP contribution in [0.5, 0.6) is 0 Å². The summed E-state index contributed by atoms with van der Waals surface area (Å²) in [4.78, 5) is 6.99. The molecule has 2 atom stereocenters. The average Bonchev–Trinajstić information content (AvgIpc) is 3.46. The van der Waals surface area contributed by atoms with E-state index in [1.54, 1.807) is 0 Å². The molecule has 1 aromatic carbocycles. The van der Waals surface area contributed by atoms with Gasteiger partial charge in [-0.2, -0.15) is 0 Å². The van der Waals surface area contributed by atoms with Crippen molar-refractivity contribution in [3.05, 3.63) is 82.9 Å². The largest absolute Gasteiger partial charge is 0.351 e. The normalized spacial score (nSPS) is 21.6. The second-order valence-corrected chi connectivity index (χ2v) is 9.36. The Morgan fingerprint density at radius 2 is 1.81 bits per heavy atom. The van der Waals surface area contributed by atoms with Gasteiger partial charge >= 0.3 is 0 Å². The summed E-state index contributed by atoms with van der Waals surface area (Å²) < 4.78 is 2.58. The number of nitrogens with zero attached hydrogens (tertiary/aromatic N) is 3. The van der Waals surface area contributed by atoms with Crippen LogP contribution in [-0.2, 0) is 0 Å². The van der Waals surface area contributed by atoms with Gasteiger partial charge in [0.1, 0.15) is 0 Å². The number of benzene rings is 1. The van der Waals surface area contributed by atoms with Gasteiger partial charge in [-0.05, 0) is 87.3 Å². The lowest BCUT2D eigenvalue weighted by Gasteiger charge is -2.29. The average molecular weight is 431 g/mol. The maximum absolute atomic E-state index is 5.89. The van der Waals surface area contributed by atoms with Crippen molar-refractivity contribution in [1.29, 1.82) is 0 Å². The van der Waals surface area contributed by atoms with Crippen LogP contribution in [0.3, 0.4) is 0 Å². The third kappa shape index (κ3) is 3.55. The number of anilines is 1. The van der Waals surface area contributed by atoms with Gasteiger partial charge in [0.25, 0.3) is 0 Å². The van der Waals surface area contributed by atoms with Gasteiger partial charge in [-0.1, -0.05) is 31.0 Å². The molecule has 0 amide bonds. The molecule has 4 nitrogen and oxygen atoms in total. The Kier molecular flexibility index (Phi) is 5.30. The van der Waals surface area contributed by atoms with Gasteiger partial charge in [-0.3, -0.25) is 4.98 Å². The Labute approximate surface area is 190 Å². The molecule has 2 fully saturated rings. The molecule has 3 aromatic rings. The third-order valence-electron chi connectivity index (χ3n) is 6.91. The Balaban J connectivity index is 1.65. The van der Waals surface area contributed by atoms with E-state index in [9.17, 15) is 0 Å². The lowest BCUT2D eigenvalue weighted by Crippen LogP contribution is -2.29. The second kappa shape index (κ2) is 8.12. The number of nitrogens with one attached hydrogen (secondary N) is 1. The third-order valence-corrected chi connectivity index (χ3v) is 7.22. The molecule has 31 heavy (non-hydrogen) atoms. The van der Waals surface area contributed by atoms with Crippen molar-refractivity contribution in [2.45, 2.75) is 64.6 Å². The number of hydrogen-bond acceptors (Lipinski definition) is 2. The Morgan fingerprint density at radius 1 is 1.00 bits per heavy atom. The monoisotopic (exact) mass is 430 g/mol. The van der Waals surface area contributed by atoms with Crippen LogP contribution in [0.4, 0.5) is 5.69 Å². The van der Waals surface area contributed by atoms with Crippen molar-refractivity contribution in [2.24, 2.45) is 0 Å². The first-order valence-corrected chi connectivity index (χ1v) is 11.7. The van der Waals surface area contributed by atoms with Crippen LogP contribution in [0.1, 0.15) is 72.0 Å². The lowest BCUT2D eigenvalue weighted by molar-refractivity contribution is 0.494. The molecule has 5 heteroatoms. The summed E-state index contributed by atoms with van der Waals surface area (Å²) >= 11 is 5.89. The molecule has 0 radical (unpaired) electrons. The van der Waals surface area contributed by atoms with Gasteiger partial charge in [0.2, 0.25) is 0 Å². The quantitative estimate of drug-likeness (QED) is 0.507. The topological polar surface area (TPSA) is 33.1 Å². The summed E-state index contributed by atoms with van der Waals surface area (Å²) in [5.74, 6) is 0. The highest BCUT2D eigenvalue weighted by atomic mass is 32.1. The molecule has 1 aliphatic heterocycles. The summed E-state index contributed by atoms with van der Waals surface area (Å²) in [6.45, 7) is 6.67. The molecule has 1 saturated heterocycles. The number of aryl methyl sites for hydroxylation is 2. The fraction of sp³-hybridized carbons (Fsp3) is 0.385. The van der Waals surface area contributed by atoms with E-state index in [2.05, 4.69) is 78.0 Å². The van der Waals surface area contributed by atoms with E-state index in [1.165, 1.54) is 48.2 Å². The molecular weight excluding hydrogens is 400 g/mol. The zero-order chi connectivity index (χ0) is 21.5. The van der Waals surface area contributed by atoms with Gasteiger partial charge in [-0.15, -0.1) is 0 Å². The van der Waals surface area contributed by atoms with E-state index in [0.717, 1.165) is 16.5 Å². The summed E-state index contributed by atoms with van der Waals surface area (Å²) in [5, 5.41) is 4.36. The Hall–Kier alpha value is -2.66. The van der Waals surface area contributed by atoms with Gasteiger partial charge in [0, 0.05) is 29.3 Å². The number of pyridine rings is 1. The van der Waals surface area contributed by atoms with Gasteiger partial charge in [0.15, 0.2) is 5.11 Å². The predicted molar refractivity (Wildman–Crippen MR) is 131 cm³/mol. The highest BCUT2D eigenvalue weighted by molar-refractivity contribution is 7.80. The van der Waals surface area contributed by atoms with Crippen molar-refractivity contribution in [3.8, 4) is 0 Å². The van der Waals surface area contributed by atoms with Crippen LogP contribution >= 0.6 is 12.2 Å². The highest BCUT2D eigenvalue weighted by Gasteiger charge is 2.42. The first kappa shape index (κ1) is 20.3. The van der Waals surface area contributed by atoms with Crippen LogP contribution in [0.15, 0.2) is 54.7 Å². The molecule has 1 saturated carbocycles. The number of thiocarbonyl (C=S) groups is 1. The van der Waals surface area contributed by atoms with Crippen LogP contribution in [-0.4, -0.2) is 14.7 Å². The van der Waals surface area contributed by atoms with E-state index < -0.39 is 0 Å². The summed E-state index contributed by atoms with van der Waals surface area (Å²) in [6, 6.07) is 17.8. The van der Waals surface area contributed by atoms with Gasteiger partial charge < -0.3 is 14.8 Å². The zero-order valence-electron chi connectivity index (χ0n) is 18.5. The zero-order valence-corrected chi connectivity index (χ0v) is 19.3. The van der Waals surface area contributed by atoms with Crippen LogP contribution in [0.25, 0.3) is 0 Å². The molecule has 0 unspecified atom stereocenters. The van der Waals surface area contributed by atoms with E-state index in [0.29, 0.717) is 6.04 Å². The minimum Gasteiger partial charge on any atom is -0.351 e. The maximum atomic E-state index is 5.89. The molecule has 3 heterocycles. The minimum absolute atomic E-state index is 0.00624. The number of aromatic nitrogens is 2. The van der Waals surface area contributed by atoms with E-state index in [4.69, 9.17) is 17.2 Å². The van der Waals surface area contributed by atoms with E-state index in [-0.39, 0.29) is 12.1 Å². The molecule has 160 valence electrons. The van der Waals surface area contributed by atoms with E-state index >= 15 is 0 Å². The predicted octanol–water partition coefficient (Wildman–Crippen LogP) is 6.10. The van der Waals surface area contributed by atoms with Gasteiger partial charge in [0.05, 0.1) is 17.8 Å². The molecule has 1 aliphatic carbocycles. The fourth-order valence-corrected chi connectivity index (χ4v) is 5.90. The fourth-order valence-electron chi connectivity index (χ4n) is 5.55. The van der Waals surface area contributed by atoms with Crippen molar-refractivity contribution >= 4 is 23.0 Å².